The third kappa shape index (κ3) is 4.77. The molecule has 7 heteroatoms. The van der Waals surface area contributed by atoms with Crippen LogP contribution in [-0.4, -0.2) is 16.3 Å². The highest BCUT2D eigenvalue weighted by atomic mass is 16.5. The molecule has 1 heterocycles. The topological polar surface area (TPSA) is 100.0 Å². The number of pyridine rings is 1. The van der Waals surface area contributed by atoms with E-state index in [9.17, 15) is 15.2 Å². The lowest BCUT2D eigenvalue weighted by Crippen LogP contribution is -2.22. The third-order valence-electron chi connectivity index (χ3n) is 4.43. The van der Waals surface area contributed by atoms with Gasteiger partial charge in [-0.1, -0.05) is 38.3 Å². The SMILES string of the molecule is CCCCCCn1c(O)c(C#N)c(C)c(N=Nc2ccccc2OCC)c1=O. The fourth-order valence-corrected chi connectivity index (χ4v) is 2.88. The van der Waals surface area contributed by atoms with E-state index in [4.69, 9.17) is 4.74 Å². The molecule has 1 N–H and O–H groups in total. The molecule has 0 radical (unpaired) electrons. The number of benzene rings is 1. The number of azo groups is 1. The van der Waals surface area contributed by atoms with E-state index in [1.54, 1.807) is 25.1 Å². The number of nitrogens with zero attached hydrogens (tertiary/aromatic N) is 4. The van der Waals surface area contributed by atoms with Crippen LogP contribution in [0.4, 0.5) is 11.4 Å². The number of rotatable bonds is 9. The molecule has 1 aromatic heterocycles. The normalized spacial score (nSPS) is 10.9. The van der Waals surface area contributed by atoms with Gasteiger partial charge in [0.2, 0.25) is 5.88 Å². The maximum absolute atomic E-state index is 12.9. The number of hydrogen-bond acceptors (Lipinski definition) is 6. The molecule has 0 atom stereocenters. The number of aromatic nitrogens is 1. The first-order chi connectivity index (χ1) is 13.5. The third-order valence-corrected chi connectivity index (χ3v) is 4.43. The van der Waals surface area contributed by atoms with Gasteiger partial charge < -0.3 is 9.84 Å². The Bertz CT molecular complexity index is 942. The Morgan fingerprint density at radius 1 is 1.18 bits per heavy atom. The van der Waals surface area contributed by atoms with Crippen LogP contribution in [0.1, 0.15) is 50.7 Å². The molecule has 148 valence electrons. The minimum atomic E-state index is -0.455. The van der Waals surface area contributed by atoms with Crippen molar-refractivity contribution in [3.05, 3.63) is 45.7 Å². The molecule has 0 aliphatic carbocycles. The number of unbranched alkanes of at least 4 members (excludes halogenated alkanes) is 3. The van der Waals surface area contributed by atoms with Crippen LogP contribution in [0.25, 0.3) is 0 Å². The van der Waals surface area contributed by atoms with Crippen molar-refractivity contribution < 1.29 is 9.84 Å². The Morgan fingerprint density at radius 3 is 2.61 bits per heavy atom. The fraction of sp³-hybridized carbons (Fsp3) is 0.429. The number of aromatic hydroxyl groups is 1. The summed E-state index contributed by atoms with van der Waals surface area (Å²) in [4.78, 5) is 12.9. The fourth-order valence-electron chi connectivity index (χ4n) is 2.88. The average molecular weight is 382 g/mol. The lowest BCUT2D eigenvalue weighted by Gasteiger charge is -2.13. The minimum Gasteiger partial charge on any atom is -0.493 e. The molecular formula is C21H26N4O3. The van der Waals surface area contributed by atoms with E-state index in [2.05, 4.69) is 17.2 Å². The van der Waals surface area contributed by atoms with Gasteiger partial charge in [0.1, 0.15) is 23.1 Å². The standard InChI is InChI=1S/C21H26N4O3/c1-4-6-7-10-13-25-20(26)16(14-22)15(3)19(21(25)27)24-23-17-11-8-9-12-18(17)28-5-2/h8-9,11-12,26H,4-7,10,13H2,1-3H3. The molecule has 0 aliphatic rings. The summed E-state index contributed by atoms with van der Waals surface area (Å²) in [6, 6.07) is 9.10. The minimum absolute atomic E-state index is 0.0436. The lowest BCUT2D eigenvalue weighted by atomic mass is 10.1. The van der Waals surface area contributed by atoms with Crippen molar-refractivity contribution in [3.8, 4) is 17.7 Å². The summed E-state index contributed by atoms with van der Waals surface area (Å²) in [5.41, 5.74) is 0.443. The van der Waals surface area contributed by atoms with Gasteiger partial charge in [0.15, 0.2) is 5.69 Å². The quantitative estimate of drug-likeness (QED) is 0.480. The summed E-state index contributed by atoms with van der Waals surface area (Å²) < 4.78 is 6.73. The Morgan fingerprint density at radius 2 is 1.93 bits per heavy atom. The van der Waals surface area contributed by atoms with Gasteiger partial charge in [-0.2, -0.15) is 5.26 Å². The van der Waals surface area contributed by atoms with Gasteiger partial charge >= 0.3 is 0 Å². The average Bonchev–Trinajstić information content (AvgIpc) is 2.69. The molecule has 0 bridgehead atoms. The van der Waals surface area contributed by atoms with Gasteiger partial charge in [0.25, 0.3) is 5.56 Å². The predicted molar refractivity (Wildman–Crippen MR) is 108 cm³/mol. The van der Waals surface area contributed by atoms with Crippen LogP contribution in [0.5, 0.6) is 11.6 Å². The first-order valence-electron chi connectivity index (χ1n) is 9.55. The van der Waals surface area contributed by atoms with Gasteiger partial charge in [0, 0.05) is 12.1 Å². The summed E-state index contributed by atoms with van der Waals surface area (Å²) in [5, 5.41) is 28.1. The van der Waals surface area contributed by atoms with Gasteiger partial charge in [-0.05, 0) is 32.4 Å². The second-order valence-electron chi connectivity index (χ2n) is 6.40. The van der Waals surface area contributed by atoms with Crippen molar-refractivity contribution in [1.82, 2.24) is 4.57 Å². The van der Waals surface area contributed by atoms with Crippen LogP contribution >= 0.6 is 0 Å². The Balaban J connectivity index is 2.46. The highest BCUT2D eigenvalue weighted by Crippen LogP contribution is 2.30. The van der Waals surface area contributed by atoms with Gasteiger partial charge in [0.05, 0.1) is 6.61 Å². The van der Waals surface area contributed by atoms with E-state index in [0.717, 1.165) is 25.7 Å². The second-order valence-corrected chi connectivity index (χ2v) is 6.40. The zero-order valence-electron chi connectivity index (χ0n) is 16.6. The van der Waals surface area contributed by atoms with Crippen LogP contribution < -0.4 is 10.3 Å². The maximum Gasteiger partial charge on any atom is 0.281 e. The second kappa shape index (κ2) is 10.3. The number of hydrogen-bond donors (Lipinski definition) is 1. The highest BCUT2D eigenvalue weighted by molar-refractivity contribution is 5.57. The molecule has 2 rings (SSSR count). The summed E-state index contributed by atoms with van der Waals surface area (Å²) in [7, 11) is 0. The van der Waals surface area contributed by atoms with Gasteiger partial charge in [-0.25, -0.2) is 0 Å². The van der Waals surface area contributed by atoms with E-state index < -0.39 is 5.56 Å². The maximum atomic E-state index is 12.9. The van der Waals surface area contributed by atoms with E-state index in [0.29, 0.717) is 30.2 Å². The van der Waals surface area contributed by atoms with Crippen molar-refractivity contribution >= 4 is 11.4 Å². The smallest absolute Gasteiger partial charge is 0.281 e. The van der Waals surface area contributed by atoms with Gasteiger partial charge in [-0.3, -0.25) is 9.36 Å². The number of nitriles is 1. The van der Waals surface area contributed by atoms with Crippen molar-refractivity contribution in [2.75, 3.05) is 6.61 Å². The van der Waals surface area contributed by atoms with Crippen LogP contribution in [-0.2, 0) is 6.54 Å². The van der Waals surface area contributed by atoms with Crippen LogP contribution in [0.15, 0.2) is 39.3 Å². The van der Waals surface area contributed by atoms with Crippen molar-refractivity contribution in [2.45, 2.75) is 53.0 Å². The molecule has 1 aromatic carbocycles. The van der Waals surface area contributed by atoms with Gasteiger partial charge in [-0.15, -0.1) is 10.2 Å². The number of para-hydroxylation sites is 1. The van der Waals surface area contributed by atoms with Crippen LogP contribution in [0, 0.1) is 18.3 Å². The molecule has 0 saturated carbocycles. The Hall–Kier alpha value is -3.14. The summed E-state index contributed by atoms with van der Waals surface area (Å²) in [6.45, 7) is 6.37. The zero-order chi connectivity index (χ0) is 20.5. The molecule has 0 saturated heterocycles. The highest BCUT2D eigenvalue weighted by Gasteiger charge is 2.19. The summed E-state index contributed by atoms with van der Waals surface area (Å²) in [6.07, 6.45) is 3.79. The van der Waals surface area contributed by atoms with E-state index in [1.807, 2.05) is 19.1 Å². The molecular weight excluding hydrogens is 356 g/mol. The summed E-state index contributed by atoms with van der Waals surface area (Å²) >= 11 is 0. The van der Waals surface area contributed by atoms with E-state index in [1.165, 1.54) is 4.57 Å². The molecule has 0 unspecified atom stereocenters. The Kier molecular flexibility index (Phi) is 7.76. The first-order valence-corrected chi connectivity index (χ1v) is 9.55. The van der Waals surface area contributed by atoms with Crippen molar-refractivity contribution in [2.24, 2.45) is 10.2 Å². The Labute approximate surface area is 164 Å². The molecule has 28 heavy (non-hydrogen) atoms. The largest absolute Gasteiger partial charge is 0.493 e. The lowest BCUT2D eigenvalue weighted by molar-refractivity contribution is 0.341. The van der Waals surface area contributed by atoms with Crippen LogP contribution in [0.2, 0.25) is 0 Å². The van der Waals surface area contributed by atoms with E-state index >= 15 is 0 Å². The number of ether oxygens (including phenoxy) is 1. The zero-order valence-corrected chi connectivity index (χ0v) is 16.6. The molecule has 0 spiro atoms. The molecule has 7 nitrogen and oxygen atoms in total. The molecule has 0 fully saturated rings. The molecule has 0 amide bonds. The van der Waals surface area contributed by atoms with Crippen molar-refractivity contribution in [1.29, 1.82) is 5.26 Å². The molecule has 0 aliphatic heterocycles. The van der Waals surface area contributed by atoms with Crippen molar-refractivity contribution in [3.63, 3.8) is 0 Å². The predicted octanol–water partition coefficient (Wildman–Crippen LogP) is 5.13. The monoisotopic (exact) mass is 382 g/mol. The molecule has 2 aromatic rings. The first kappa shape index (κ1) is 21.2. The van der Waals surface area contributed by atoms with E-state index in [-0.39, 0.29) is 17.1 Å². The van der Waals surface area contributed by atoms with Crippen LogP contribution in [0.3, 0.4) is 0 Å². The summed E-state index contributed by atoms with van der Waals surface area (Å²) in [5.74, 6) is 0.251.